The van der Waals surface area contributed by atoms with Gasteiger partial charge in [-0.25, -0.2) is 4.39 Å². The van der Waals surface area contributed by atoms with E-state index in [2.05, 4.69) is 0 Å². The van der Waals surface area contributed by atoms with Crippen LogP contribution in [0.2, 0.25) is 5.02 Å². The third-order valence-corrected chi connectivity index (χ3v) is 3.14. The van der Waals surface area contributed by atoms with Crippen LogP contribution >= 0.6 is 11.6 Å². The van der Waals surface area contributed by atoms with E-state index in [1.54, 1.807) is 12.1 Å². The summed E-state index contributed by atoms with van der Waals surface area (Å²) in [7, 11) is 0. The standard InChI is InChI=1S/C13H18ClFO/c1-13(2,3)11(16)8-7-9-5-4-6-10(15)12(9)14/h4-6,11,16H,7-8H2,1-3H3. The Kier molecular flexibility index (Phi) is 4.34. The number of aliphatic hydroxyl groups is 1. The van der Waals surface area contributed by atoms with Crippen LogP contribution in [0, 0.1) is 11.2 Å². The first-order valence-electron chi connectivity index (χ1n) is 5.43. The molecule has 0 amide bonds. The molecule has 1 unspecified atom stereocenters. The van der Waals surface area contributed by atoms with Gasteiger partial charge in [-0.05, 0) is 29.9 Å². The molecule has 0 aromatic heterocycles. The van der Waals surface area contributed by atoms with E-state index < -0.39 is 11.9 Å². The highest BCUT2D eigenvalue weighted by Crippen LogP contribution is 2.26. The molecule has 0 fully saturated rings. The molecule has 0 saturated heterocycles. The van der Waals surface area contributed by atoms with Gasteiger partial charge in [0.25, 0.3) is 0 Å². The van der Waals surface area contributed by atoms with Crippen LogP contribution in [-0.4, -0.2) is 11.2 Å². The Morgan fingerprint density at radius 2 is 2.00 bits per heavy atom. The van der Waals surface area contributed by atoms with Gasteiger partial charge in [-0.1, -0.05) is 44.5 Å². The number of halogens is 2. The quantitative estimate of drug-likeness (QED) is 0.857. The van der Waals surface area contributed by atoms with Gasteiger partial charge in [-0.3, -0.25) is 0 Å². The smallest absolute Gasteiger partial charge is 0.142 e. The van der Waals surface area contributed by atoms with Gasteiger partial charge in [-0.2, -0.15) is 0 Å². The van der Waals surface area contributed by atoms with Gasteiger partial charge in [0.05, 0.1) is 11.1 Å². The van der Waals surface area contributed by atoms with Crippen molar-refractivity contribution >= 4 is 11.6 Å². The minimum absolute atomic E-state index is 0.153. The van der Waals surface area contributed by atoms with Crippen molar-refractivity contribution < 1.29 is 9.50 Å². The predicted octanol–water partition coefficient (Wildman–Crippen LogP) is 3.82. The molecule has 1 aromatic carbocycles. The lowest BCUT2D eigenvalue weighted by Gasteiger charge is -2.25. The van der Waals surface area contributed by atoms with Crippen LogP contribution in [0.25, 0.3) is 0 Å². The zero-order valence-electron chi connectivity index (χ0n) is 9.93. The fraction of sp³-hybridized carbons (Fsp3) is 0.538. The van der Waals surface area contributed by atoms with Gasteiger partial charge < -0.3 is 5.11 Å². The van der Waals surface area contributed by atoms with Gasteiger partial charge in [0.1, 0.15) is 5.82 Å². The Bertz CT molecular complexity index is 357. The molecular weight excluding hydrogens is 227 g/mol. The maximum absolute atomic E-state index is 13.1. The molecule has 0 aliphatic carbocycles. The van der Waals surface area contributed by atoms with Crippen molar-refractivity contribution in [1.82, 2.24) is 0 Å². The summed E-state index contributed by atoms with van der Waals surface area (Å²) in [6, 6.07) is 4.77. The van der Waals surface area contributed by atoms with E-state index in [-0.39, 0.29) is 10.4 Å². The molecule has 1 aromatic rings. The molecule has 3 heteroatoms. The third-order valence-electron chi connectivity index (χ3n) is 2.72. The van der Waals surface area contributed by atoms with Gasteiger partial charge in [0, 0.05) is 0 Å². The lowest BCUT2D eigenvalue weighted by atomic mass is 9.86. The van der Waals surface area contributed by atoms with Crippen LogP contribution in [0.1, 0.15) is 32.8 Å². The van der Waals surface area contributed by atoms with E-state index in [0.29, 0.717) is 12.8 Å². The fourth-order valence-corrected chi connectivity index (χ4v) is 1.69. The summed E-state index contributed by atoms with van der Waals surface area (Å²) in [5.41, 5.74) is 0.602. The number of hydrogen-bond donors (Lipinski definition) is 1. The molecule has 0 aliphatic rings. The maximum Gasteiger partial charge on any atom is 0.142 e. The summed E-state index contributed by atoms with van der Waals surface area (Å²) in [4.78, 5) is 0. The first kappa shape index (κ1) is 13.5. The Morgan fingerprint density at radius 3 is 2.56 bits per heavy atom. The maximum atomic E-state index is 13.1. The van der Waals surface area contributed by atoms with Crippen molar-refractivity contribution in [2.45, 2.75) is 39.7 Å². The van der Waals surface area contributed by atoms with Crippen molar-refractivity contribution in [1.29, 1.82) is 0 Å². The Morgan fingerprint density at radius 1 is 1.38 bits per heavy atom. The summed E-state index contributed by atoms with van der Waals surface area (Å²) >= 11 is 5.83. The molecule has 90 valence electrons. The van der Waals surface area contributed by atoms with Crippen LogP contribution in [0.15, 0.2) is 18.2 Å². The normalized spacial score (nSPS) is 13.9. The van der Waals surface area contributed by atoms with Crippen LogP contribution < -0.4 is 0 Å². The van der Waals surface area contributed by atoms with Gasteiger partial charge in [-0.15, -0.1) is 0 Å². The number of aliphatic hydroxyl groups excluding tert-OH is 1. The number of rotatable bonds is 3. The van der Waals surface area contributed by atoms with Crippen molar-refractivity contribution in [3.8, 4) is 0 Å². The van der Waals surface area contributed by atoms with Gasteiger partial charge >= 0.3 is 0 Å². The van der Waals surface area contributed by atoms with Crippen molar-refractivity contribution in [3.63, 3.8) is 0 Å². The molecule has 16 heavy (non-hydrogen) atoms. The fourth-order valence-electron chi connectivity index (χ4n) is 1.47. The zero-order chi connectivity index (χ0) is 12.3. The Hall–Kier alpha value is -0.600. The topological polar surface area (TPSA) is 20.2 Å². The molecule has 0 aliphatic heterocycles. The first-order chi connectivity index (χ1) is 7.32. The van der Waals surface area contributed by atoms with Crippen molar-refractivity contribution in [3.05, 3.63) is 34.6 Å². The second-order valence-electron chi connectivity index (χ2n) is 5.13. The van der Waals surface area contributed by atoms with Crippen molar-refractivity contribution in [2.24, 2.45) is 5.41 Å². The average molecular weight is 245 g/mol. The molecule has 0 radical (unpaired) electrons. The SMILES string of the molecule is CC(C)(C)C(O)CCc1cccc(F)c1Cl. The van der Waals surface area contributed by atoms with E-state index in [4.69, 9.17) is 11.6 Å². The molecule has 0 saturated carbocycles. The summed E-state index contributed by atoms with van der Waals surface area (Å²) in [6.45, 7) is 5.93. The third kappa shape index (κ3) is 3.46. The second kappa shape index (κ2) is 5.15. The molecule has 1 rings (SSSR count). The summed E-state index contributed by atoms with van der Waals surface area (Å²) in [5, 5.41) is 10.0. The van der Waals surface area contributed by atoms with Crippen LogP contribution in [0.5, 0.6) is 0 Å². The highest BCUT2D eigenvalue weighted by atomic mass is 35.5. The molecule has 1 N–H and O–H groups in total. The molecule has 0 bridgehead atoms. The highest BCUT2D eigenvalue weighted by Gasteiger charge is 2.22. The highest BCUT2D eigenvalue weighted by molar-refractivity contribution is 6.31. The lowest BCUT2D eigenvalue weighted by Crippen LogP contribution is -2.26. The molecular formula is C13H18ClFO. The number of aryl methyl sites for hydroxylation is 1. The summed E-state index contributed by atoms with van der Waals surface area (Å²) in [6.07, 6.45) is 0.772. The van der Waals surface area contributed by atoms with E-state index in [0.717, 1.165) is 5.56 Å². The molecule has 1 atom stereocenters. The second-order valence-corrected chi connectivity index (χ2v) is 5.51. The largest absolute Gasteiger partial charge is 0.393 e. The monoisotopic (exact) mass is 244 g/mol. The minimum Gasteiger partial charge on any atom is -0.393 e. The van der Waals surface area contributed by atoms with Gasteiger partial charge in [0.15, 0.2) is 0 Å². The van der Waals surface area contributed by atoms with E-state index >= 15 is 0 Å². The van der Waals surface area contributed by atoms with Crippen LogP contribution in [0.4, 0.5) is 4.39 Å². The summed E-state index contributed by atoms with van der Waals surface area (Å²) in [5.74, 6) is -0.399. The average Bonchev–Trinajstić information content (AvgIpc) is 2.18. The molecule has 0 heterocycles. The van der Waals surface area contributed by atoms with E-state index in [9.17, 15) is 9.50 Å². The zero-order valence-corrected chi connectivity index (χ0v) is 10.7. The Balaban J connectivity index is 2.65. The summed E-state index contributed by atoms with van der Waals surface area (Å²) < 4.78 is 13.1. The van der Waals surface area contributed by atoms with Gasteiger partial charge in [0.2, 0.25) is 0 Å². The van der Waals surface area contributed by atoms with Crippen LogP contribution in [0.3, 0.4) is 0 Å². The Labute approximate surface area is 101 Å². The predicted molar refractivity (Wildman–Crippen MR) is 65.2 cm³/mol. The number of benzene rings is 1. The molecule has 0 spiro atoms. The lowest BCUT2D eigenvalue weighted by molar-refractivity contribution is 0.0560. The van der Waals surface area contributed by atoms with Crippen LogP contribution in [-0.2, 0) is 6.42 Å². The van der Waals surface area contributed by atoms with Crippen molar-refractivity contribution in [2.75, 3.05) is 0 Å². The molecule has 1 nitrogen and oxygen atoms in total. The number of hydrogen-bond acceptors (Lipinski definition) is 1. The van der Waals surface area contributed by atoms with E-state index in [1.807, 2.05) is 20.8 Å². The van der Waals surface area contributed by atoms with E-state index in [1.165, 1.54) is 6.07 Å². The minimum atomic E-state index is -0.410. The first-order valence-corrected chi connectivity index (χ1v) is 5.81.